The van der Waals surface area contributed by atoms with E-state index in [2.05, 4.69) is 15.4 Å². The highest BCUT2D eigenvalue weighted by molar-refractivity contribution is 5.93. The Morgan fingerprint density at radius 2 is 1.95 bits per heavy atom. The van der Waals surface area contributed by atoms with Crippen LogP contribution in [-0.2, 0) is 25.6 Å². The fraction of sp³-hybridized carbons (Fsp3) is 0.462. The van der Waals surface area contributed by atoms with Gasteiger partial charge in [0.25, 0.3) is 0 Å². The molecule has 1 aromatic heterocycles. The summed E-state index contributed by atoms with van der Waals surface area (Å²) in [6, 6.07) is 0. The van der Waals surface area contributed by atoms with E-state index in [4.69, 9.17) is 9.47 Å². The van der Waals surface area contributed by atoms with Gasteiger partial charge in [0, 0.05) is 24.3 Å². The van der Waals surface area contributed by atoms with E-state index in [0.717, 1.165) is 17.7 Å². The Morgan fingerprint density at radius 3 is 2.50 bits per heavy atom. The van der Waals surface area contributed by atoms with Crippen LogP contribution in [0, 0.1) is 0 Å². The van der Waals surface area contributed by atoms with Crippen LogP contribution in [0.3, 0.4) is 0 Å². The molecule has 9 nitrogen and oxygen atoms in total. The number of hydrogen-bond acceptors (Lipinski definition) is 8. The molecule has 2 aliphatic heterocycles. The highest BCUT2D eigenvalue weighted by Gasteiger charge is 2.45. The minimum absolute atomic E-state index is 0.193. The van der Waals surface area contributed by atoms with Crippen molar-refractivity contribution in [2.75, 3.05) is 13.6 Å². The van der Waals surface area contributed by atoms with E-state index in [0.29, 0.717) is 18.9 Å². The van der Waals surface area contributed by atoms with Crippen LogP contribution < -0.4 is 0 Å². The highest BCUT2D eigenvalue weighted by atomic mass is 16.8. The largest absolute Gasteiger partial charge is 0.405 e. The molecule has 0 aliphatic carbocycles. The Hall–Kier alpha value is -2.55. The first-order chi connectivity index (χ1) is 10.5. The second-order valence-electron chi connectivity index (χ2n) is 4.98. The standard InChI is InChI=1S/C13H15N5O4/c1-3-18-15-12(14-16-18)9-6-7-13(17(2)8-9)21-10(19)4-5-11(20)22-13/h4-6H,3,7-8H2,1-2H3. The van der Waals surface area contributed by atoms with Crippen molar-refractivity contribution in [2.45, 2.75) is 25.8 Å². The molecule has 1 spiro atoms. The van der Waals surface area contributed by atoms with E-state index < -0.39 is 17.8 Å². The first kappa shape index (κ1) is 14.4. The third kappa shape index (κ3) is 2.50. The molecule has 0 saturated heterocycles. The van der Waals surface area contributed by atoms with E-state index in [-0.39, 0.29) is 6.42 Å². The van der Waals surface area contributed by atoms with Crippen LogP contribution in [0.4, 0.5) is 0 Å². The summed E-state index contributed by atoms with van der Waals surface area (Å²) in [6.07, 6.45) is 4.10. The fourth-order valence-corrected chi connectivity index (χ4v) is 2.29. The number of nitrogens with zero attached hydrogens (tertiary/aromatic N) is 5. The molecule has 116 valence electrons. The average Bonchev–Trinajstić information content (AvgIpc) is 2.91. The third-order valence-electron chi connectivity index (χ3n) is 3.49. The molecule has 0 unspecified atom stereocenters. The number of hydrogen-bond donors (Lipinski definition) is 0. The zero-order valence-electron chi connectivity index (χ0n) is 12.2. The van der Waals surface area contributed by atoms with E-state index in [1.54, 1.807) is 18.0 Å². The molecule has 0 fully saturated rings. The van der Waals surface area contributed by atoms with Crippen molar-refractivity contribution in [2.24, 2.45) is 0 Å². The van der Waals surface area contributed by atoms with Gasteiger partial charge >= 0.3 is 17.8 Å². The number of rotatable bonds is 2. The average molecular weight is 305 g/mol. The molecule has 0 N–H and O–H groups in total. The van der Waals surface area contributed by atoms with Crippen LogP contribution in [0.2, 0.25) is 0 Å². The first-order valence-electron chi connectivity index (χ1n) is 6.85. The number of ether oxygens (including phenoxy) is 2. The quantitative estimate of drug-likeness (QED) is 0.688. The SMILES string of the molecule is CCn1nnc(C2=CCC3(OC(=O)C=CC(=O)O3)N(C)C2)n1. The van der Waals surface area contributed by atoms with E-state index in [1.165, 1.54) is 4.80 Å². The number of aryl methyl sites for hydroxylation is 1. The number of aromatic nitrogens is 4. The Labute approximate surface area is 126 Å². The Balaban J connectivity index is 1.86. The topological polar surface area (TPSA) is 99.4 Å². The van der Waals surface area contributed by atoms with Crippen molar-refractivity contribution < 1.29 is 19.1 Å². The summed E-state index contributed by atoms with van der Waals surface area (Å²) in [5.74, 6) is -2.16. The van der Waals surface area contributed by atoms with Gasteiger partial charge in [0.1, 0.15) is 0 Å². The first-order valence-corrected chi connectivity index (χ1v) is 6.85. The summed E-state index contributed by atoms with van der Waals surface area (Å²) in [4.78, 5) is 26.3. The molecule has 0 atom stereocenters. The van der Waals surface area contributed by atoms with Crippen molar-refractivity contribution in [3.8, 4) is 0 Å². The van der Waals surface area contributed by atoms with Gasteiger partial charge in [-0.25, -0.2) is 14.5 Å². The Kier molecular flexibility index (Phi) is 3.49. The lowest BCUT2D eigenvalue weighted by Gasteiger charge is -2.40. The molecule has 0 radical (unpaired) electrons. The van der Waals surface area contributed by atoms with Crippen molar-refractivity contribution in [1.29, 1.82) is 0 Å². The van der Waals surface area contributed by atoms with Gasteiger partial charge in [0.2, 0.25) is 5.82 Å². The predicted octanol–water partition coefficient (Wildman–Crippen LogP) is -0.278. The van der Waals surface area contributed by atoms with Crippen molar-refractivity contribution in [3.05, 3.63) is 24.1 Å². The second kappa shape index (κ2) is 5.34. The van der Waals surface area contributed by atoms with Gasteiger partial charge in [-0.15, -0.1) is 10.2 Å². The van der Waals surface area contributed by atoms with Crippen LogP contribution >= 0.6 is 0 Å². The van der Waals surface area contributed by atoms with Gasteiger partial charge < -0.3 is 9.47 Å². The maximum absolute atomic E-state index is 11.6. The van der Waals surface area contributed by atoms with Crippen LogP contribution in [0.1, 0.15) is 19.2 Å². The molecule has 3 heterocycles. The zero-order chi connectivity index (χ0) is 15.7. The summed E-state index contributed by atoms with van der Waals surface area (Å²) >= 11 is 0. The number of tetrazole rings is 1. The fourth-order valence-electron chi connectivity index (χ4n) is 2.29. The molecule has 0 bridgehead atoms. The molecule has 0 saturated carbocycles. The lowest BCUT2D eigenvalue weighted by molar-refractivity contribution is -0.274. The molecule has 0 aromatic carbocycles. The zero-order valence-corrected chi connectivity index (χ0v) is 12.2. The molecule has 1 aromatic rings. The molecule has 2 aliphatic rings. The summed E-state index contributed by atoms with van der Waals surface area (Å²) in [5, 5.41) is 12.1. The Bertz CT molecular complexity index is 658. The molecule has 3 rings (SSSR count). The normalized spacial score (nSPS) is 21.3. The number of carbonyl (C=O) groups excluding carboxylic acids is 2. The summed E-state index contributed by atoms with van der Waals surface area (Å²) in [6.45, 7) is 2.90. The van der Waals surface area contributed by atoms with E-state index in [9.17, 15) is 9.59 Å². The highest BCUT2D eigenvalue weighted by Crippen LogP contribution is 2.32. The molecular formula is C13H15N5O4. The van der Waals surface area contributed by atoms with E-state index in [1.807, 2.05) is 6.92 Å². The maximum atomic E-state index is 11.6. The Morgan fingerprint density at radius 1 is 1.27 bits per heavy atom. The van der Waals surface area contributed by atoms with Crippen LogP contribution in [0.5, 0.6) is 0 Å². The number of likely N-dealkylation sites (N-methyl/N-ethyl adjacent to an activating group) is 1. The number of esters is 2. The van der Waals surface area contributed by atoms with Crippen molar-refractivity contribution in [3.63, 3.8) is 0 Å². The van der Waals surface area contributed by atoms with Crippen molar-refractivity contribution in [1.82, 2.24) is 25.1 Å². The van der Waals surface area contributed by atoms with Crippen LogP contribution in [-0.4, -0.2) is 56.5 Å². The van der Waals surface area contributed by atoms with Gasteiger partial charge in [-0.3, -0.25) is 0 Å². The minimum Gasteiger partial charge on any atom is -0.405 e. The number of carbonyl (C=O) groups is 2. The van der Waals surface area contributed by atoms with Gasteiger partial charge in [0.05, 0.1) is 13.0 Å². The monoisotopic (exact) mass is 305 g/mol. The molecule has 0 amide bonds. The molecule has 9 heteroatoms. The molecule has 22 heavy (non-hydrogen) atoms. The lowest BCUT2D eigenvalue weighted by atomic mass is 10.1. The van der Waals surface area contributed by atoms with E-state index >= 15 is 0 Å². The second-order valence-corrected chi connectivity index (χ2v) is 4.98. The summed E-state index contributed by atoms with van der Waals surface area (Å²) in [7, 11) is 1.70. The maximum Gasteiger partial charge on any atom is 0.335 e. The molecular weight excluding hydrogens is 290 g/mol. The van der Waals surface area contributed by atoms with Gasteiger partial charge in [0.15, 0.2) is 0 Å². The van der Waals surface area contributed by atoms with Gasteiger partial charge in [-0.05, 0) is 19.2 Å². The van der Waals surface area contributed by atoms with Gasteiger partial charge in [-0.2, -0.15) is 4.80 Å². The third-order valence-corrected chi connectivity index (χ3v) is 3.49. The minimum atomic E-state index is -1.43. The summed E-state index contributed by atoms with van der Waals surface area (Å²) < 4.78 is 10.6. The smallest absolute Gasteiger partial charge is 0.335 e. The van der Waals surface area contributed by atoms with Crippen molar-refractivity contribution >= 4 is 17.5 Å². The lowest BCUT2D eigenvalue weighted by Crippen LogP contribution is -2.54. The predicted molar refractivity (Wildman–Crippen MR) is 72.8 cm³/mol. The van der Waals surface area contributed by atoms with Crippen LogP contribution in [0.15, 0.2) is 18.2 Å². The van der Waals surface area contributed by atoms with Gasteiger partial charge in [-0.1, -0.05) is 6.08 Å². The van der Waals surface area contributed by atoms with Crippen LogP contribution in [0.25, 0.3) is 5.57 Å². The summed E-state index contributed by atoms with van der Waals surface area (Å²) in [5.41, 5.74) is 0.831.